The van der Waals surface area contributed by atoms with Crippen LogP contribution in [0.5, 0.6) is 5.75 Å². The minimum atomic E-state index is -3.84. The first-order valence-corrected chi connectivity index (χ1v) is 12.9. The molecule has 0 bridgehead atoms. The molecule has 0 amide bonds. The number of hydrogen-bond acceptors (Lipinski definition) is 7. The van der Waals surface area contributed by atoms with Gasteiger partial charge in [-0.1, -0.05) is 30.3 Å². The molecule has 1 aliphatic heterocycles. The van der Waals surface area contributed by atoms with Crippen LogP contribution in [0.25, 0.3) is 0 Å². The third-order valence-electron chi connectivity index (χ3n) is 5.31. The summed E-state index contributed by atoms with van der Waals surface area (Å²) in [4.78, 5) is 4.47. The van der Waals surface area contributed by atoms with E-state index in [2.05, 4.69) is 10.3 Å². The average molecular weight is 461 g/mol. The summed E-state index contributed by atoms with van der Waals surface area (Å²) < 4.78 is 53.7. The Labute approximate surface area is 183 Å². The molecular formula is C22H24N2O5S2. The lowest BCUT2D eigenvalue weighted by molar-refractivity contribution is 0.400. The van der Waals surface area contributed by atoms with Gasteiger partial charge in [-0.15, -0.1) is 0 Å². The number of hydrogen-bond donors (Lipinski definition) is 3. The molecule has 1 aliphatic rings. The molecule has 2 aromatic carbocycles. The fraction of sp³-hybridized carbons (Fsp3) is 0.227. The molecule has 1 unspecified atom stereocenters. The van der Waals surface area contributed by atoms with Crippen LogP contribution in [0.1, 0.15) is 21.9 Å². The standard InChI is InChI=1S/C22H24N2O5S2/c1-29-22-17(14-24-13-16-6-5-11-23-12-16)9-10-19-21(22)20(15-30(19,25)26)31(27,28)18-7-3-2-4-8-18/h2-12,20,24-26H,13-15H2,1H3. The lowest BCUT2D eigenvalue weighted by atomic mass is 10.1. The van der Waals surface area contributed by atoms with Crippen LogP contribution in [0, 0.1) is 0 Å². The molecule has 0 saturated carbocycles. The first-order chi connectivity index (χ1) is 14.8. The van der Waals surface area contributed by atoms with E-state index in [-0.39, 0.29) is 15.5 Å². The van der Waals surface area contributed by atoms with Gasteiger partial charge in [-0.25, -0.2) is 8.42 Å². The lowest BCUT2D eigenvalue weighted by Crippen LogP contribution is -2.17. The normalized spacial score (nSPS) is 18.4. The van der Waals surface area contributed by atoms with Crippen molar-refractivity contribution in [3.8, 4) is 5.75 Å². The number of pyridine rings is 1. The van der Waals surface area contributed by atoms with Crippen molar-refractivity contribution < 1.29 is 22.3 Å². The summed E-state index contributed by atoms with van der Waals surface area (Å²) in [5.41, 5.74) is 2.10. The van der Waals surface area contributed by atoms with Crippen LogP contribution in [-0.2, 0) is 22.9 Å². The van der Waals surface area contributed by atoms with Gasteiger partial charge in [0.2, 0.25) is 0 Å². The molecule has 3 aromatic rings. The second kappa shape index (κ2) is 8.60. The summed E-state index contributed by atoms with van der Waals surface area (Å²) >= 11 is 0. The lowest BCUT2D eigenvalue weighted by Gasteiger charge is -2.27. The van der Waals surface area contributed by atoms with Gasteiger partial charge in [0.15, 0.2) is 9.84 Å². The Kier molecular flexibility index (Phi) is 6.05. The summed E-state index contributed by atoms with van der Waals surface area (Å²) in [6.07, 6.45) is 3.48. The topological polar surface area (TPSA) is 109 Å². The summed E-state index contributed by atoms with van der Waals surface area (Å²) in [7, 11) is -5.62. The van der Waals surface area contributed by atoms with E-state index >= 15 is 0 Å². The van der Waals surface area contributed by atoms with Crippen molar-refractivity contribution in [1.82, 2.24) is 10.3 Å². The molecule has 1 aromatic heterocycles. The molecule has 0 aliphatic carbocycles. The van der Waals surface area contributed by atoms with Crippen molar-refractivity contribution in [3.63, 3.8) is 0 Å². The molecule has 1 atom stereocenters. The monoisotopic (exact) mass is 460 g/mol. The smallest absolute Gasteiger partial charge is 0.187 e. The molecule has 4 rings (SSSR count). The van der Waals surface area contributed by atoms with Crippen LogP contribution < -0.4 is 10.1 Å². The van der Waals surface area contributed by atoms with Gasteiger partial charge in [0, 0.05) is 36.6 Å². The van der Waals surface area contributed by atoms with Crippen LogP contribution in [0.3, 0.4) is 0 Å². The van der Waals surface area contributed by atoms with Gasteiger partial charge in [0.05, 0.1) is 22.7 Å². The quantitative estimate of drug-likeness (QED) is 0.489. The minimum Gasteiger partial charge on any atom is -0.496 e. The number of rotatable bonds is 7. The third-order valence-corrected chi connectivity index (χ3v) is 9.46. The first kappa shape index (κ1) is 21.8. The Morgan fingerprint density at radius 3 is 2.55 bits per heavy atom. The molecule has 0 saturated heterocycles. The zero-order valence-electron chi connectivity index (χ0n) is 16.9. The van der Waals surface area contributed by atoms with E-state index < -0.39 is 25.7 Å². The minimum absolute atomic E-state index is 0.144. The summed E-state index contributed by atoms with van der Waals surface area (Å²) in [6.45, 7) is 0.998. The van der Waals surface area contributed by atoms with E-state index in [1.807, 2.05) is 12.1 Å². The zero-order chi connectivity index (χ0) is 22.1. The van der Waals surface area contributed by atoms with Crippen molar-refractivity contribution in [1.29, 1.82) is 0 Å². The van der Waals surface area contributed by atoms with Crippen LogP contribution in [0.4, 0.5) is 0 Å². The van der Waals surface area contributed by atoms with Crippen molar-refractivity contribution >= 4 is 20.4 Å². The Morgan fingerprint density at radius 2 is 1.87 bits per heavy atom. The highest BCUT2D eigenvalue weighted by atomic mass is 32.3. The molecule has 164 valence electrons. The number of nitrogens with one attached hydrogen (secondary N) is 1. The molecule has 0 fully saturated rings. The van der Waals surface area contributed by atoms with Crippen molar-refractivity contribution in [2.75, 3.05) is 12.9 Å². The highest BCUT2D eigenvalue weighted by Gasteiger charge is 2.45. The van der Waals surface area contributed by atoms with Gasteiger partial charge >= 0.3 is 0 Å². The van der Waals surface area contributed by atoms with E-state index in [9.17, 15) is 17.5 Å². The Balaban J connectivity index is 1.70. The molecule has 31 heavy (non-hydrogen) atoms. The van der Waals surface area contributed by atoms with Gasteiger partial charge in [-0.3, -0.25) is 14.1 Å². The summed E-state index contributed by atoms with van der Waals surface area (Å²) in [5.74, 6) is 0.0980. The highest BCUT2D eigenvalue weighted by Crippen LogP contribution is 2.63. The molecule has 3 N–H and O–H groups in total. The zero-order valence-corrected chi connectivity index (χ0v) is 18.6. The molecular weight excluding hydrogens is 436 g/mol. The van der Waals surface area contributed by atoms with Crippen LogP contribution in [-0.4, -0.2) is 35.4 Å². The van der Waals surface area contributed by atoms with E-state index in [1.165, 1.54) is 19.2 Å². The molecule has 7 nitrogen and oxygen atoms in total. The third kappa shape index (κ3) is 4.19. The van der Waals surface area contributed by atoms with Crippen molar-refractivity contribution in [2.45, 2.75) is 28.1 Å². The van der Waals surface area contributed by atoms with Crippen LogP contribution in [0.15, 0.2) is 76.8 Å². The molecule has 9 heteroatoms. The number of nitrogens with zero attached hydrogens (tertiary/aromatic N) is 1. The number of fused-ring (bicyclic) bond motifs is 1. The second-order valence-electron chi connectivity index (χ2n) is 7.31. The number of aromatic nitrogens is 1. The predicted molar refractivity (Wildman–Crippen MR) is 120 cm³/mol. The van der Waals surface area contributed by atoms with Crippen molar-refractivity contribution in [2.24, 2.45) is 0 Å². The van der Waals surface area contributed by atoms with Crippen LogP contribution in [0.2, 0.25) is 0 Å². The van der Waals surface area contributed by atoms with Gasteiger partial charge in [0.25, 0.3) is 0 Å². The predicted octanol–water partition coefficient (Wildman–Crippen LogP) is 4.02. The largest absolute Gasteiger partial charge is 0.496 e. The van der Waals surface area contributed by atoms with Crippen LogP contribution >= 0.6 is 10.6 Å². The van der Waals surface area contributed by atoms with E-state index in [0.29, 0.717) is 24.4 Å². The van der Waals surface area contributed by atoms with Gasteiger partial charge in [-0.05, 0) is 29.8 Å². The Bertz CT molecular complexity index is 1170. The Morgan fingerprint density at radius 1 is 1.10 bits per heavy atom. The number of ether oxygens (including phenoxy) is 1. The fourth-order valence-corrected chi connectivity index (χ4v) is 8.26. The maximum Gasteiger partial charge on any atom is 0.187 e. The molecule has 2 heterocycles. The number of sulfone groups is 1. The van der Waals surface area contributed by atoms with Gasteiger partial charge in [-0.2, -0.15) is 10.6 Å². The van der Waals surface area contributed by atoms with Gasteiger partial charge in [0.1, 0.15) is 11.0 Å². The maximum absolute atomic E-state index is 13.4. The number of benzene rings is 2. The maximum atomic E-state index is 13.4. The summed E-state index contributed by atoms with van der Waals surface area (Å²) in [6, 6.07) is 15.2. The second-order valence-corrected chi connectivity index (χ2v) is 11.6. The van der Waals surface area contributed by atoms with E-state index in [0.717, 1.165) is 11.1 Å². The number of methoxy groups -OCH3 is 1. The average Bonchev–Trinajstić information content (AvgIpc) is 3.06. The fourth-order valence-electron chi connectivity index (χ4n) is 3.84. The summed E-state index contributed by atoms with van der Waals surface area (Å²) in [5, 5.41) is 2.21. The van der Waals surface area contributed by atoms with Crippen molar-refractivity contribution in [3.05, 3.63) is 83.7 Å². The van der Waals surface area contributed by atoms with E-state index in [1.54, 1.807) is 42.7 Å². The first-order valence-electron chi connectivity index (χ1n) is 9.69. The van der Waals surface area contributed by atoms with E-state index in [4.69, 9.17) is 4.74 Å². The highest BCUT2D eigenvalue weighted by molar-refractivity contribution is 8.25. The molecule has 0 spiro atoms. The molecule has 0 radical (unpaired) electrons. The van der Waals surface area contributed by atoms with Gasteiger partial charge < -0.3 is 10.1 Å². The Hall–Kier alpha value is -2.43. The SMILES string of the molecule is COc1c(CNCc2cccnc2)ccc2c1C(S(=O)(=O)c1ccccc1)CS2(O)O.